The quantitative estimate of drug-likeness (QED) is 0.0337. The number of aliphatic hydroxyl groups is 2. The van der Waals surface area contributed by atoms with Crippen molar-refractivity contribution in [3.63, 3.8) is 0 Å². The summed E-state index contributed by atoms with van der Waals surface area (Å²) >= 11 is 4.64. The Morgan fingerprint density at radius 2 is 1.17 bits per heavy atom. The first-order valence-electron chi connectivity index (χ1n) is 35.5. The van der Waals surface area contributed by atoms with Crippen LogP contribution in [0.25, 0.3) is 31.3 Å². The average molecular weight is 1500 g/mol. The van der Waals surface area contributed by atoms with Gasteiger partial charge in [-0.15, -0.1) is 34.0 Å². The Bertz CT molecular complexity index is 4720. The molecule has 0 bridgehead atoms. The first kappa shape index (κ1) is 74.4. The van der Waals surface area contributed by atoms with Gasteiger partial charge >= 0.3 is 0 Å². The lowest BCUT2D eigenvalue weighted by molar-refractivity contribution is -0.143. The highest BCUT2D eigenvalue weighted by molar-refractivity contribution is 7.14. The third-order valence-corrected chi connectivity index (χ3v) is 23.5. The molecule has 9 aromatic rings. The molecule has 4 aliphatic heterocycles. The van der Waals surface area contributed by atoms with Gasteiger partial charge in [-0.3, -0.25) is 33.6 Å². The maximum atomic E-state index is 15.2. The first-order valence-corrected chi connectivity index (χ1v) is 38.2. The van der Waals surface area contributed by atoms with Crippen molar-refractivity contribution in [1.29, 1.82) is 0 Å². The van der Waals surface area contributed by atoms with Gasteiger partial charge in [0.1, 0.15) is 58.5 Å². The number of hydrogen-bond acceptors (Lipinski definition) is 21. The molecule has 7 amide bonds. The third kappa shape index (κ3) is 15.7. The second-order valence-electron chi connectivity index (χ2n) is 28.8. The van der Waals surface area contributed by atoms with Gasteiger partial charge in [-0.1, -0.05) is 110 Å². The smallest absolute Gasteiger partial charge is 0.255 e. The van der Waals surface area contributed by atoms with Crippen LogP contribution in [0.2, 0.25) is 0 Å². The van der Waals surface area contributed by atoms with E-state index in [2.05, 4.69) is 41.2 Å². The van der Waals surface area contributed by atoms with E-state index in [1.165, 1.54) is 30.9 Å². The monoisotopic (exact) mass is 1490 g/mol. The number of nitrogens with one attached hydrogen (secondary N) is 3. The fourth-order valence-corrected chi connectivity index (χ4v) is 17.0. The number of likely N-dealkylation sites (tertiary alicyclic amines) is 3. The molecular formula is C78H86N12O13S3. The number of carbonyl (C=O) groups excluding carboxylic acids is 7. The van der Waals surface area contributed by atoms with E-state index in [0.29, 0.717) is 28.5 Å². The maximum absolute atomic E-state index is 15.2. The zero-order valence-corrected chi connectivity index (χ0v) is 62.9. The topological polar surface area (TPSA) is 318 Å². The van der Waals surface area contributed by atoms with E-state index in [0.717, 1.165) is 65.1 Å². The molecule has 0 radical (unpaired) electrons. The molecule has 0 aliphatic carbocycles. The summed E-state index contributed by atoms with van der Waals surface area (Å²) in [6, 6.07) is 27.7. The van der Waals surface area contributed by atoms with Gasteiger partial charge in [-0.05, 0) is 105 Å². The van der Waals surface area contributed by atoms with Crippen LogP contribution in [-0.4, -0.2) is 165 Å². The number of aliphatic hydroxyl groups excluding tert-OH is 1. The fraction of sp³-hybridized carbons (Fsp3) is 0.410. The number of benzene rings is 4. The fourth-order valence-electron chi connectivity index (χ4n) is 14.6. The molecule has 5 N–H and O–H groups in total. The Balaban J connectivity index is 0.685. The van der Waals surface area contributed by atoms with Crippen LogP contribution in [0.1, 0.15) is 139 Å². The molecular weight excluding hydrogens is 1410 g/mol. The summed E-state index contributed by atoms with van der Waals surface area (Å²) in [5, 5.41) is 39.3. The standard InChI is InChI=1S/C78H86N12O13S3/c1-10-59(64-26-55(86-102-64)37-100-57-28-62(88(35-57)76(98)77(8,9)65-25-44(4)85-103-65)71(93)80-32-49-13-19-52(20-14-49)68-46(6)83-41-105-68)73(95)87-36-58(29-61(87)70(92)79-31-48-11-17-51(18-12-48)67-45(5)82-40-104-67)101-56-24-23-54-34-89(74(96)60(54)27-56)66(43(2)3)75(97)90-38-78(99,39-91)30-63(90)72(94)81-33-50-15-21-53(22-16-50)69-47(7)84-42-106-69/h11-27,40-43,57-59,61-63,66,91,99H,10,28-39H2,1-9H3,(H,79,92)(H,80,93)(H,81,94)/t57-,58-,59-,61+,62+,63+,66+,78+/m1/s1. The minimum atomic E-state index is -1.77. The van der Waals surface area contributed by atoms with Gasteiger partial charge in [-0.2, -0.15) is 0 Å². The van der Waals surface area contributed by atoms with Gasteiger partial charge in [-0.25, -0.2) is 15.0 Å². The van der Waals surface area contributed by atoms with Gasteiger partial charge in [0.15, 0.2) is 5.76 Å². The third-order valence-electron chi connectivity index (χ3n) is 20.6. The van der Waals surface area contributed by atoms with E-state index in [-0.39, 0.29) is 101 Å². The Hall–Kier alpha value is -9.84. The minimum absolute atomic E-state index is 0.0240. The molecule has 0 saturated carbocycles. The molecule has 106 heavy (non-hydrogen) atoms. The molecule has 4 aliphatic rings. The summed E-state index contributed by atoms with van der Waals surface area (Å²) in [6.07, 6.45) is -1.08. The van der Waals surface area contributed by atoms with Crippen molar-refractivity contribution in [1.82, 2.24) is 60.8 Å². The van der Waals surface area contributed by atoms with Crippen LogP contribution in [0.3, 0.4) is 0 Å². The number of hydrogen-bond donors (Lipinski definition) is 5. The van der Waals surface area contributed by atoms with Gasteiger partial charge in [0.2, 0.25) is 35.4 Å². The van der Waals surface area contributed by atoms with E-state index in [1.807, 2.05) is 106 Å². The highest BCUT2D eigenvalue weighted by Crippen LogP contribution is 2.39. The number of carbonyl (C=O) groups is 7. The highest BCUT2D eigenvalue weighted by atomic mass is 32.1. The molecule has 3 fully saturated rings. The van der Waals surface area contributed by atoms with E-state index < -0.39 is 95.4 Å². The van der Waals surface area contributed by atoms with Crippen LogP contribution in [0.5, 0.6) is 5.75 Å². The Kier molecular flexibility index (Phi) is 22.0. The summed E-state index contributed by atoms with van der Waals surface area (Å²) in [5.74, 6) is -3.54. The van der Waals surface area contributed by atoms with Crippen molar-refractivity contribution in [3.05, 3.63) is 187 Å². The van der Waals surface area contributed by atoms with Crippen molar-refractivity contribution >= 4 is 75.4 Å². The number of fused-ring (bicyclic) bond motifs is 1. The highest BCUT2D eigenvalue weighted by Gasteiger charge is 2.52. The second kappa shape index (κ2) is 31.3. The largest absolute Gasteiger partial charge is 0.488 e. The SMILES string of the molecule is CC[C@@H](C(=O)N1C[C@H](Oc2ccc3c(c2)C(=O)N([C@H](C(=O)N2C[C@](O)(CO)C[C@H]2C(=O)NCc2ccc(-c4scnc4C)cc2)C(C)C)C3)C[C@H]1C(=O)NCc1ccc(-c2scnc2C)cc1)c1cc(CO[C@@H]2C[C@@H](C(=O)NCc3ccc(-c4scnc4C)cc3)N(C(=O)C(C)(C)c3cc(C)no3)C2)no1. The first-order chi connectivity index (χ1) is 50.9. The number of rotatable bonds is 26. The summed E-state index contributed by atoms with van der Waals surface area (Å²) in [6.45, 7) is 16.1. The van der Waals surface area contributed by atoms with Gasteiger partial charge in [0, 0.05) is 69.7 Å². The molecule has 5 aromatic heterocycles. The number of β-amino-alcohol motifs (C(OH)–C–C–N with tert-alkyl or cyclic N) is 1. The normalized spacial score (nSPS) is 20.0. The lowest BCUT2D eigenvalue weighted by atomic mass is 9.88. The number of amides is 7. The van der Waals surface area contributed by atoms with Crippen LogP contribution in [0.4, 0.5) is 0 Å². The van der Waals surface area contributed by atoms with Crippen LogP contribution in [0, 0.1) is 33.6 Å². The van der Waals surface area contributed by atoms with Crippen LogP contribution in [-0.2, 0) is 71.7 Å². The minimum Gasteiger partial charge on any atom is -0.488 e. The van der Waals surface area contributed by atoms with Crippen LogP contribution < -0.4 is 20.7 Å². The maximum Gasteiger partial charge on any atom is 0.255 e. The molecule has 0 spiro atoms. The molecule has 8 atom stereocenters. The van der Waals surface area contributed by atoms with Crippen molar-refractivity contribution in [2.45, 2.75) is 174 Å². The zero-order valence-electron chi connectivity index (χ0n) is 60.5. The lowest BCUT2D eigenvalue weighted by Crippen LogP contribution is -2.55. The van der Waals surface area contributed by atoms with Gasteiger partial charge in [0.05, 0.1) is 92.3 Å². The van der Waals surface area contributed by atoms with E-state index in [1.54, 1.807) is 98.6 Å². The number of nitrogens with zero attached hydrogens (tertiary/aromatic N) is 9. The van der Waals surface area contributed by atoms with Crippen LogP contribution in [0.15, 0.2) is 129 Å². The van der Waals surface area contributed by atoms with E-state index in [9.17, 15) is 39.0 Å². The Labute approximate surface area is 625 Å². The predicted molar refractivity (Wildman–Crippen MR) is 397 cm³/mol. The molecule has 4 aromatic carbocycles. The van der Waals surface area contributed by atoms with Gasteiger partial charge in [0.25, 0.3) is 5.91 Å². The number of aryl methyl sites for hydroxylation is 4. The number of ether oxygens (including phenoxy) is 2. The average Bonchev–Trinajstić information content (AvgIpc) is 1.61. The lowest BCUT2D eigenvalue weighted by Gasteiger charge is -2.35. The molecule has 3 saturated heterocycles. The zero-order chi connectivity index (χ0) is 74.9. The Morgan fingerprint density at radius 1 is 0.651 bits per heavy atom. The van der Waals surface area contributed by atoms with E-state index in [4.69, 9.17) is 18.5 Å². The van der Waals surface area contributed by atoms with Gasteiger partial charge < -0.3 is 64.3 Å². The van der Waals surface area contributed by atoms with Crippen molar-refractivity contribution < 1.29 is 62.3 Å². The molecule has 28 heteroatoms. The van der Waals surface area contributed by atoms with Crippen molar-refractivity contribution in [3.8, 4) is 37.1 Å². The summed E-state index contributed by atoms with van der Waals surface area (Å²) in [5.41, 5.74) is 12.6. The molecule has 0 unspecified atom stereocenters. The summed E-state index contributed by atoms with van der Waals surface area (Å²) in [7, 11) is 0. The molecule has 9 heterocycles. The molecule has 25 nitrogen and oxygen atoms in total. The summed E-state index contributed by atoms with van der Waals surface area (Å²) in [4.78, 5) is 125. The molecule has 13 rings (SSSR count). The number of thiazole rings is 3. The molecule has 554 valence electrons. The number of aromatic nitrogens is 5. The predicted octanol–water partition coefficient (Wildman–Crippen LogP) is 9.53. The van der Waals surface area contributed by atoms with Crippen molar-refractivity contribution in [2.75, 3.05) is 26.2 Å². The van der Waals surface area contributed by atoms with Crippen LogP contribution >= 0.6 is 34.0 Å². The van der Waals surface area contributed by atoms with Crippen molar-refractivity contribution in [2.24, 2.45) is 5.92 Å². The van der Waals surface area contributed by atoms with E-state index >= 15 is 4.79 Å². The summed E-state index contributed by atoms with van der Waals surface area (Å²) < 4.78 is 24.7. The Morgan fingerprint density at radius 3 is 1.66 bits per heavy atom. The second-order valence-corrected chi connectivity index (χ2v) is 31.4.